The number of nitrogens with zero attached hydrogens (tertiary/aromatic N) is 4. The van der Waals surface area contributed by atoms with Gasteiger partial charge in [-0.2, -0.15) is 0 Å². The summed E-state index contributed by atoms with van der Waals surface area (Å²) in [5, 5.41) is 0. The van der Waals surface area contributed by atoms with Gasteiger partial charge in [-0.05, 0) is 56.3 Å². The maximum Gasteiger partial charge on any atom is 0.253 e. The number of benzene rings is 2. The number of ether oxygens (including phenoxy) is 1. The van der Waals surface area contributed by atoms with E-state index in [4.69, 9.17) is 4.74 Å². The highest BCUT2D eigenvalue weighted by molar-refractivity contribution is 5.94. The molecule has 2 saturated heterocycles. The fourth-order valence-corrected chi connectivity index (χ4v) is 4.54. The Hall–Kier alpha value is -3.13. The first-order chi connectivity index (χ1) is 17.0. The molecule has 2 aliphatic heterocycles. The number of likely N-dealkylation sites (N-methyl/N-ethyl adjacent to an activating group) is 1. The molecule has 35 heavy (non-hydrogen) atoms. The summed E-state index contributed by atoms with van der Waals surface area (Å²) in [5.74, 6) is 0.551. The smallest absolute Gasteiger partial charge is 0.253 e. The molecular weight excluding hydrogens is 447 g/mol. The summed E-state index contributed by atoms with van der Waals surface area (Å²) in [5.41, 5.74) is 1.62. The minimum atomic E-state index is -0.360. The Morgan fingerprint density at radius 1 is 0.829 bits per heavy atom. The Labute approximate surface area is 207 Å². The number of carbonyl (C=O) groups is 2. The minimum absolute atomic E-state index is 0.119. The number of carbonyl (C=O) groups excluding carboxylic acids is 2. The van der Waals surface area contributed by atoms with Crippen molar-refractivity contribution in [3.8, 4) is 5.75 Å². The van der Waals surface area contributed by atoms with E-state index in [1.165, 1.54) is 24.3 Å². The van der Waals surface area contributed by atoms with Gasteiger partial charge in [0.1, 0.15) is 11.6 Å². The lowest BCUT2D eigenvalue weighted by Gasteiger charge is -2.35. The van der Waals surface area contributed by atoms with E-state index in [-0.39, 0.29) is 17.6 Å². The Kier molecular flexibility index (Phi) is 8.58. The van der Waals surface area contributed by atoms with E-state index in [0.717, 1.165) is 50.5 Å². The number of rotatable bonds is 8. The summed E-state index contributed by atoms with van der Waals surface area (Å²) in [6, 6.07) is 13.8. The molecule has 0 aromatic heterocycles. The van der Waals surface area contributed by atoms with Gasteiger partial charge >= 0.3 is 0 Å². The molecule has 0 saturated carbocycles. The molecule has 0 aliphatic carbocycles. The van der Waals surface area contributed by atoms with Gasteiger partial charge in [-0.1, -0.05) is 12.1 Å². The van der Waals surface area contributed by atoms with Crippen molar-refractivity contribution in [3.05, 3.63) is 59.9 Å². The zero-order chi connectivity index (χ0) is 24.6. The van der Waals surface area contributed by atoms with E-state index in [1.807, 2.05) is 23.1 Å². The largest absolute Gasteiger partial charge is 0.491 e. The molecule has 0 bridgehead atoms. The zero-order valence-electron chi connectivity index (χ0n) is 20.5. The molecule has 188 valence electrons. The van der Waals surface area contributed by atoms with Crippen molar-refractivity contribution in [3.63, 3.8) is 0 Å². The number of halogens is 1. The Morgan fingerprint density at radius 2 is 1.49 bits per heavy atom. The topological polar surface area (TPSA) is 56.3 Å². The van der Waals surface area contributed by atoms with E-state index in [2.05, 4.69) is 22.9 Å². The van der Waals surface area contributed by atoms with Crippen LogP contribution in [0.2, 0.25) is 0 Å². The molecule has 0 atom stereocenters. The molecule has 4 rings (SSSR count). The summed E-state index contributed by atoms with van der Waals surface area (Å²) >= 11 is 0. The molecule has 7 nitrogen and oxygen atoms in total. The lowest BCUT2D eigenvalue weighted by Crippen LogP contribution is -2.50. The monoisotopic (exact) mass is 482 g/mol. The summed E-state index contributed by atoms with van der Waals surface area (Å²) < 4.78 is 19.2. The average molecular weight is 483 g/mol. The second kappa shape index (κ2) is 12.0. The van der Waals surface area contributed by atoms with Crippen molar-refractivity contribution >= 4 is 17.5 Å². The summed E-state index contributed by atoms with van der Waals surface area (Å²) in [6.07, 6.45) is 2.06. The molecular formula is C27H35FN4O3. The van der Waals surface area contributed by atoms with Gasteiger partial charge in [-0.25, -0.2) is 4.39 Å². The highest BCUT2D eigenvalue weighted by atomic mass is 19.1. The Bertz CT molecular complexity index is 984. The number of anilines is 1. The van der Waals surface area contributed by atoms with E-state index in [0.29, 0.717) is 44.8 Å². The summed E-state index contributed by atoms with van der Waals surface area (Å²) in [7, 11) is 2.15. The number of piperazine rings is 2. The van der Waals surface area contributed by atoms with Crippen LogP contribution in [0.5, 0.6) is 5.75 Å². The molecule has 2 amide bonds. The molecule has 0 spiro atoms. The van der Waals surface area contributed by atoms with Crippen LogP contribution in [-0.2, 0) is 4.79 Å². The third-order valence-corrected chi connectivity index (χ3v) is 6.76. The van der Waals surface area contributed by atoms with Crippen LogP contribution >= 0.6 is 0 Å². The molecule has 0 unspecified atom stereocenters. The SMILES string of the molecule is CN1CCN(c2ccccc2OCCCCC(=O)N2CCN(C(=O)c3ccc(F)cc3)CC2)CC1. The van der Waals surface area contributed by atoms with E-state index in [1.54, 1.807) is 4.90 Å². The highest BCUT2D eigenvalue weighted by Gasteiger charge is 2.24. The third kappa shape index (κ3) is 6.72. The summed E-state index contributed by atoms with van der Waals surface area (Å²) in [6.45, 7) is 6.71. The van der Waals surface area contributed by atoms with E-state index < -0.39 is 0 Å². The lowest BCUT2D eigenvalue weighted by atomic mass is 10.1. The fraction of sp³-hybridized carbons (Fsp3) is 0.481. The van der Waals surface area contributed by atoms with Crippen LogP contribution in [0.1, 0.15) is 29.6 Å². The van der Waals surface area contributed by atoms with E-state index in [9.17, 15) is 14.0 Å². The van der Waals surface area contributed by atoms with Crippen molar-refractivity contribution in [2.75, 3.05) is 70.9 Å². The number of hydrogen-bond acceptors (Lipinski definition) is 5. The van der Waals surface area contributed by atoms with E-state index >= 15 is 0 Å². The molecule has 2 heterocycles. The van der Waals surface area contributed by atoms with Gasteiger partial charge in [-0.15, -0.1) is 0 Å². The van der Waals surface area contributed by atoms with Crippen molar-refractivity contribution in [2.45, 2.75) is 19.3 Å². The zero-order valence-corrected chi connectivity index (χ0v) is 20.5. The predicted octanol–water partition coefficient (Wildman–Crippen LogP) is 3.11. The van der Waals surface area contributed by atoms with Gasteiger partial charge in [0.05, 0.1) is 12.3 Å². The normalized spacial score (nSPS) is 16.9. The van der Waals surface area contributed by atoms with Crippen LogP contribution < -0.4 is 9.64 Å². The van der Waals surface area contributed by atoms with Crippen LogP contribution in [0, 0.1) is 5.82 Å². The van der Waals surface area contributed by atoms with Crippen LogP contribution in [0.3, 0.4) is 0 Å². The Balaban J connectivity index is 1.15. The van der Waals surface area contributed by atoms with Crippen LogP contribution in [0.15, 0.2) is 48.5 Å². The highest BCUT2D eigenvalue weighted by Crippen LogP contribution is 2.29. The van der Waals surface area contributed by atoms with Gasteiger partial charge < -0.3 is 24.3 Å². The van der Waals surface area contributed by atoms with Crippen LogP contribution in [0.4, 0.5) is 10.1 Å². The number of hydrogen-bond donors (Lipinski definition) is 0. The van der Waals surface area contributed by atoms with Gasteiger partial charge in [0, 0.05) is 64.3 Å². The first-order valence-corrected chi connectivity index (χ1v) is 12.5. The molecule has 0 radical (unpaired) electrons. The Morgan fingerprint density at radius 3 is 2.20 bits per heavy atom. The third-order valence-electron chi connectivity index (χ3n) is 6.76. The van der Waals surface area contributed by atoms with Gasteiger partial charge in [-0.3, -0.25) is 9.59 Å². The van der Waals surface area contributed by atoms with Gasteiger partial charge in [0.2, 0.25) is 5.91 Å². The average Bonchev–Trinajstić information content (AvgIpc) is 2.89. The van der Waals surface area contributed by atoms with Gasteiger partial charge in [0.15, 0.2) is 0 Å². The molecule has 2 fully saturated rings. The number of amides is 2. The first kappa shape index (κ1) is 25.0. The molecule has 8 heteroatoms. The maximum absolute atomic E-state index is 13.1. The maximum atomic E-state index is 13.1. The fourth-order valence-electron chi connectivity index (χ4n) is 4.54. The first-order valence-electron chi connectivity index (χ1n) is 12.5. The predicted molar refractivity (Wildman–Crippen MR) is 134 cm³/mol. The standard InChI is InChI=1S/C27H35FN4O3/c1-29-13-15-30(16-14-29)24-6-2-3-7-25(24)35-21-5-4-8-26(33)31-17-19-32(20-18-31)27(34)22-9-11-23(28)12-10-22/h2-3,6-7,9-12H,4-5,8,13-21H2,1H3. The second-order valence-corrected chi connectivity index (χ2v) is 9.24. The van der Waals surface area contributed by atoms with Crippen molar-refractivity contribution in [1.82, 2.24) is 14.7 Å². The van der Waals surface area contributed by atoms with Crippen LogP contribution in [-0.4, -0.2) is 92.5 Å². The molecule has 2 aromatic carbocycles. The second-order valence-electron chi connectivity index (χ2n) is 9.24. The van der Waals surface area contributed by atoms with Gasteiger partial charge in [0.25, 0.3) is 5.91 Å². The molecule has 2 aliphatic rings. The van der Waals surface area contributed by atoms with Crippen molar-refractivity contribution < 1.29 is 18.7 Å². The number of unbranched alkanes of at least 4 members (excludes halogenated alkanes) is 1. The van der Waals surface area contributed by atoms with Crippen LogP contribution in [0.25, 0.3) is 0 Å². The van der Waals surface area contributed by atoms with Crippen molar-refractivity contribution in [1.29, 1.82) is 0 Å². The molecule has 0 N–H and O–H groups in total. The molecule has 2 aromatic rings. The minimum Gasteiger partial charge on any atom is -0.491 e. The summed E-state index contributed by atoms with van der Waals surface area (Å²) in [4.78, 5) is 33.5. The lowest BCUT2D eigenvalue weighted by molar-refractivity contribution is -0.132. The van der Waals surface area contributed by atoms with Crippen molar-refractivity contribution in [2.24, 2.45) is 0 Å². The number of para-hydroxylation sites is 2. The quantitative estimate of drug-likeness (QED) is 0.542.